The molecule has 144 valence electrons. The van der Waals surface area contributed by atoms with E-state index in [-0.39, 0.29) is 17.8 Å². The first-order valence-corrected chi connectivity index (χ1v) is 9.24. The van der Waals surface area contributed by atoms with Crippen molar-refractivity contribution in [1.82, 2.24) is 4.90 Å². The summed E-state index contributed by atoms with van der Waals surface area (Å²) in [6.07, 6.45) is 1.56. The van der Waals surface area contributed by atoms with Crippen molar-refractivity contribution in [2.24, 2.45) is 5.92 Å². The van der Waals surface area contributed by atoms with Gasteiger partial charge in [0, 0.05) is 29.8 Å². The fourth-order valence-electron chi connectivity index (χ4n) is 3.22. The van der Waals surface area contributed by atoms with Crippen LogP contribution in [0, 0.1) is 17.8 Å². The van der Waals surface area contributed by atoms with E-state index in [2.05, 4.69) is 11.8 Å². The number of carbonyl (C=O) groups excluding carboxylic acids is 2. The third kappa shape index (κ3) is 4.72. The summed E-state index contributed by atoms with van der Waals surface area (Å²) in [7, 11) is 3.01. The van der Waals surface area contributed by atoms with Gasteiger partial charge >= 0.3 is 5.97 Å². The van der Waals surface area contributed by atoms with Crippen LogP contribution in [0.4, 0.5) is 0 Å². The fraction of sp³-hybridized carbons (Fsp3) is 0.304. The molecule has 0 spiro atoms. The Hall–Kier alpha value is -3.26. The van der Waals surface area contributed by atoms with Crippen LogP contribution in [0.25, 0.3) is 0 Å². The van der Waals surface area contributed by atoms with Crippen molar-refractivity contribution in [1.29, 1.82) is 0 Å². The van der Waals surface area contributed by atoms with E-state index in [9.17, 15) is 9.59 Å². The first-order valence-electron chi connectivity index (χ1n) is 9.24. The number of methoxy groups -OCH3 is 2. The van der Waals surface area contributed by atoms with Gasteiger partial charge in [-0.2, -0.15) is 0 Å². The summed E-state index contributed by atoms with van der Waals surface area (Å²) in [5, 5.41) is 0. The molecule has 0 bridgehead atoms. The topological polar surface area (TPSA) is 55.8 Å². The van der Waals surface area contributed by atoms with Gasteiger partial charge in [0.05, 0.1) is 20.1 Å². The molecule has 3 rings (SSSR count). The Morgan fingerprint density at radius 2 is 1.57 bits per heavy atom. The molecule has 1 atom stereocenters. The predicted octanol–water partition coefficient (Wildman–Crippen LogP) is 3.12. The number of piperidine rings is 1. The van der Waals surface area contributed by atoms with Gasteiger partial charge in [-0.3, -0.25) is 9.59 Å². The highest BCUT2D eigenvalue weighted by Gasteiger charge is 2.29. The van der Waals surface area contributed by atoms with Crippen LogP contribution in [-0.4, -0.2) is 44.1 Å². The Kier molecular flexibility index (Phi) is 6.33. The molecule has 0 saturated carbocycles. The van der Waals surface area contributed by atoms with Crippen LogP contribution in [0.5, 0.6) is 5.75 Å². The number of rotatable bonds is 3. The summed E-state index contributed by atoms with van der Waals surface area (Å²) in [5.41, 5.74) is 2.32. The van der Waals surface area contributed by atoms with E-state index >= 15 is 0 Å². The number of benzene rings is 2. The quantitative estimate of drug-likeness (QED) is 0.609. The molecule has 1 fully saturated rings. The summed E-state index contributed by atoms with van der Waals surface area (Å²) in [5.74, 6) is 6.43. The second kappa shape index (κ2) is 9.09. The summed E-state index contributed by atoms with van der Waals surface area (Å²) in [6.45, 7) is 1.07. The van der Waals surface area contributed by atoms with E-state index in [0.29, 0.717) is 18.7 Å². The van der Waals surface area contributed by atoms with Gasteiger partial charge in [0.2, 0.25) is 0 Å². The molecular formula is C23H23NO4. The standard InChI is InChI=1S/C23H23NO4/c1-27-21-13-9-18(10-14-21)6-5-17-7-11-19(12-8-17)22(25)24-15-3-4-20(16-24)23(26)28-2/h7-14,20H,3-4,15-16H2,1-2H3. The third-order valence-corrected chi connectivity index (χ3v) is 4.82. The number of carbonyl (C=O) groups is 2. The maximum Gasteiger partial charge on any atom is 0.310 e. The third-order valence-electron chi connectivity index (χ3n) is 4.82. The van der Waals surface area contributed by atoms with E-state index in [0.717, 1.165) is 29.7 Å². The lowest BCUT2D eigenvalue weighted by atomic mass is 9.97. The normalized spacial score (nSPS) is 15.9. The predicted molar refractivity (Wildman–Crippen MR) is 106 cm³/mol. The van der Waals surface area contributed by atoms with E-state index < -0.39 is 0 Å². The van der Waals surface area contributed by atoms with Crippen molar-refractivity contribution >= 4 is 11.9 Å². The van der Waals surface area contributed by atoms with Gasteiger partial charge in [0.25, 0.3) is 5.91 Å². The maximum absolute atomic E-state index is 12.7. The van der Waals surface area contributed by atoms with Crippen LogP contribution >= 0.6 is 0 Å². The van der Waals surface area contributed by atoms with Crippen molar-refractivity contribution in [2.75, 3.05) is 27.3 Å². The molecule has 5 heteroatoms. The van der Waals surface area contributed by atoms with Crippen LogP contribution in [0.3, 0.4) is 0 Å². The average Bonchev–Trinajstić information content (AvgIpc) is 2.77. The van der Waals surface area contributed by atoms with Crippen LogP contribution < -0.4 is 4.74 Å². The highest BCUT2D eigenvalue weighted by atomic mass is 16.5. The minimum absolute atomic E-state index is 0.0664. The minimum Gasteiger partial charge on any atom is -0.497 e. The number of nitrogens with zero attached hydrogens (tertiary/aromatic N) is 1. The van der Waals surface area contributed by atoms with Crippen LogP contribution in [0.1, 0.15) is 34.3 Å². The Balaban J connectivity index is 1.66. The van der Waals surface area contributed by atoms with Crippen molar-refractivity contribution in [3.05, 3.63) is 65.2 Å². The highest BCUT2D eigenvalue weighted by molar-refractivity contribution is 5.94. The molecule has 28 heavy (non-hydrogen) atoms. The Morgan fingerprint density at radius 1 is 0.964 bits per heavy atom. The molecule has 1 saturated heterocycles. The van der Waals surface area contributed by atoms with E-state index in [1.807, 2.05) is 36.4 Å². The fourth-order valence-corrected chi connectivity index (χ4v) is 3.22. The highest BCUT2D eigenvalue weighted by Crippen LogP contribution is 2.20. The number of amides is 1. The lowest BCUT2D eigenvalue weighted by molar-refractivity contribution is -0.146. The van der Waals surface area contributed by atoms with Crippen molar-refractivity contribution < 1.29 is 19.1 Å². The van der Waals surface area contributed by atoms with Gasteiger partial charge in [0.1, 0.15) is 5.75 Å². The number of esters is 1. The molecule has 2 aromatic carbocycles. The van der Waals surface area contributed by atoms with Gasteiger partial charge in [-0.05, 0) is 61.4 Å². The van der Waals surface area contributed by atoms with Gasteiger partial charge in [-0.15, -0.1) is 0 Å². The molecule has 1 unspecified atom stereocenters. The summed E-state index contributed by atoms with van der Waals surface area (Å²) >= 11 is 0. The summed E-state index contributed by atoms with van der Waals surface area (Å²) in [4.78, 5) is 26.2. The first-order chi connectivity index (χ1) is 13.6. The molecular weight excluding hydrogens is 354 g/mol. The van der Waals surface area contributed by atoms with E-state index in [4.69, 9.17) is 9.47 Å². The average molecular weight is 377 g/mol. The Labute approximate surface area is 165 Å². The molecule has 0 radical (unpaired) electrons. The maximum atomic E-state index is 12.7. The Morgan fingerprint density at radius 3 is 2.14 bits per heavy atom. The number of hydrogen-bond donors (Lipinski definition) is 0. The number of likely N-dealkylation sites (tertiary alicyclic amines) is 1. The molecule has 0 aliphatic carbocycles. The monoisotopic (exact) mass is 377 g/mol. The van der Waals surface area contributed by atoms with Crippen molar-refractivity contribution in [3.63, 3.8) is 0 Å². The Bertz CT molecular complexity index is 891. The van der Waals surface area contributed by atoms with Gasteiger partial charge in [-0.25, -0.2) is 0 Å². The summed E-state index contributed by atoms with van der Waals surface area (Å²) < 4.78 is 9.95. The number of ether oxygens (including phenoxy) is 2. The SMILES string of the molecule is COC(=O)C1CCCN(C(=O)c2ccc(C#Cc3ccc(OC)cc3)cc2)C1. The zero-order valence-corrected chi connectivity index (χ0v) is 16.1. The van der Waals surface area contributed by atoms with Crippen LogP contribution in [0.15, 0.2) is 48.5 Å². The van der Waals surface area contributed by atoms with Crippen LogP contribution in [-0.2, 0) is 9.53 Å². The molecule has 5 nitrogen and oxygen atoms in total. The van der Waals surface area contributed by atoms with Gasteiger partial charge in [0.15, 0.2) is 0 Å². The van der Waals surface area contributed by atoms with Crippen molar-refractivity contribution in [3.8, 4) is 17.6 Å². The molecule has 1 aliphatic heterocycles. The minimum atomic E-state index is -0.248. The lowest BCUT2D eigenvalue weighted by Crippen LogP contribution is -2.42. The second-order valence-corrected chi connectivity index (χ2v) is 6.67. The van der Waals surface area contributed by atoms with Crippen molar-refractivity contribution in [2.45, 2.75) is 12.8 Å². The largest absolute Gasteiger partial charge is 0.497 e. The summed E-state index contributed by atoms with van der Waals surface area (Å²) in [6, 6.07) is 14.8. The van der Waals surface area contributed by atoms with E-state index in [1.165, 1.54) is 7.11 Å². The van der Waals surface area contributed by atoms with Crippen LogP contribution in [0.2, 0.25) is 0 Å². The molecule has 2 aromatic rings. The number of hydrogen-bond acceptors (Lipinski definition) is 4. The van der Waals surface area contributed by atoms with Gasteiger partial charge in [-0.1, -0.05) is 11.8 Å². The molecule has 0 N–H and O–H groups in total. The molecule has 1 amide bonds. The lowest BCUT2D eigenvalue weighted by Gasteiger charge is -2.31. The molecule has 0 aromatic heterocycles. The molecule has 1 aliphatic rings. The smallest absolute Gasteiger partial charge is 0.310 e. The second-order valence-electron chi connectivity index (χ2n) is 6.67. The zero-order chi connectivity index (χ0) is 19.9. The zero-order valence-electron chi connectivity index (χ0n) is 16.1. The first kappa shape index (κ1) is 19.5. The van der Waals surface area contributed by atoms with E-state index in [1.54, 1.807) is 24.1 Å². The van der Waals surface area contributed by atoms with Gasteiger partial charge < -0.3 is 14.4 Å². The molecule has 1 heterocycles.